The van der Waals surface area contributed by atoms with Crippen molar-refractivity contribution in [3.63, 3.8) is 0 Å². The van der Waals surface area contributed by atoms with Crippen LogP contribution >= 0.6 is 0 Å². The maximum atomic E-state index is 13.2. The van der Waals surface area contributed by atoms with Crippen molar-refractivity contribution in [3.05, 3.63) is 35.4 Å². The molecule has 2 heterocycles. The molecule has 2 saturated heterocycles. The van der Waals surface area contributed by atoms with Crippen LogP contribution in [0.2, 0.25) is 0 Å². The molecule has 5 heteroatoms. The van der Waals surface area contributed by atoms with E-state index >= 15 is 0 Å². The van der Waals surface area contributed by atoms with Gasteiger partial charge in [0.1, 0.15) is 0 Å². The highest BCUT2D eigenvalue weighted by Crippen LogP contribution is 2.32. The van der Waals surface area contributed by atoms with E-state index in [0.29, 0.717) is 12.5 Å². The first-order valence-electron chi connectivity index (χ1n) is 9.40. The number of hydrogen-bond acceptors (Lipinski definition) is 4. The number of piperazine rings is 1. The molecule has 0 bridgehead atoms. The summed E-state index contributed by atoms with van der Waals surface area (Å²) in [6.07, 6.45) is 1.76. The molecule has 0 aromatic heterocycles. The zero-order valence-electron chi connectivity index (χ0n) is 15.6. The van der Waals surface area contributed by atoms with Gasteiger partial charge in [-0.25, -0.2) is 0 Å². The normalized spacial score (nSPS) is 21.3. The lowest BCUT2D eigenvalue weighted by Gasteiger charge is -2.42. The van der Waals surface area contributed by atoms with Gasteiger partial charge in [-0.3, -0.25) is 9.69 Å². The number of benzene rings is 1. The number of carbonyl (C=O) groups is 1. The summed E-state index contributed by atoms with van der Waals surface area (Å²) >= 11 is 0. The Labute approximate surface area is 151 Å². The predicted octanol–water partition coefficient (Wildman–Crippen LogP) is 1.66. The molecule has 2 aliphatic rings. The third-order valence-corrected chi connectivity index (χ3v) is 5.75. The van der Waals surface area contributed by atoms with Crippen LogP contribution in [0.1, 0.15) is 24.0 Å². The highest BCUT2D eigenvalue weighted by Gasteiger charge is 2.42. The van der Waals surface area contributed by atoms with Gasteiger partial charge in [-0.1, -0.05) is 24.3 Å². The van der Waals surface area contributed by atoms with Crippen LogP contribution in [0.25, 0.3) is 0 Å². The smallest absolute Gasteiger partial charge is 0.231 e. The highest BCUT2D eigenvalue weighted by atomic mass is 16.5. The summed E-state index contributed by atoms with van der Waals surface area (Å²) in [7, 11) is 1.71. The van der Waals surface area contributed by atoms with E-state index in [9.17, 15) is 4.79 Å². The average molecular weight is 345 g/mol. The zero-order chi connectivity index (χ0) is 17.7. The Bertz CT molecular complexity index is 571. The molecular weight excluding hydrogens is 314 g/mol. The number of rotatable bonds is 5. The number of methoxy groups -OCH3 is 1. The average Bonchev–Trinajstić information content (AvgIpc) is 2.65. The largest absolute Gasteiger partial charge is 0.384 e. The Morgan fingerprint density at radius 2 is 1.84 bits per heavy atom. The third kappa shape index (κ3) is 4.22. The van der Waals surface area contributed by atoms with E-state index in [2.05, 4.69) is 46.3 Å². The van der Waals surface area contributed by atoms with Crippen LogP contribution in [0, 0.1) is 12.3 Å². The fourth-order valence-corrected chi connectivity index (χ4v) is 4.07. The topological polar surface area (TPSA) is 44.8 Å². The number of nitrogens with zero attached hydrogens (tertiary/aromatic N) is 2. The van der Waals surface area contributed by atoms with Gasteiger partial charge in [0, 0.05) is 39.8 Å². The van der Waals surface area contributed by atoms with E-state index in [1.807, 2.05) is 0 Å². The van der Waals surface area contributed by atoms with Crippen LogP contribution in [0.5, 0.6) is 0 Å². The molecular formula is C20H31N3O2. The second-order valence-corrected chi connectivity index (χ2v) is 7.46. The van der Waals surface area contributed by atoms with Gasteiger partial charge in [0.25, 0.3) is 0 Å². The van der Waals surface area contributed by atoms with Gasteiger partial charge < -0.3 is 15.0 Å². The van der Waals surface area contributed by atoms with Crippen molar-refractivity contribution in [3.8, 4) is 0 Å². The molecule has 0 saturated carbocycles. The van der Waals surface area contributed by atoms with Crippen LogP contribution in [0.3, 0.4) is 0 Å². The van der Waals surface area contributed by atoms with Gasteiger partial charge in [-0.2, -0.15) is 0 Å². The lowest BCUT2D eigenvalue weighted by atomic mass is 9.78. The molecule has 1 aromatic rings. The van der Waals surface area contributed by atoms with Gasteiger partial charge >= 0.3 is 0 Å². The first-order chi connectivity index (χ1) is 12.1. The first-order valence-corrected chi connectivity index (χ1v) is 9.40. The van der Waals surface area contributed by atoms with Crippen molar-refractivity contribution < 1.29 is 9.53 Å². The van der Waals surface area contributed by atoms with Crippen molar-refractivity contribution in [1.82, 2.24) is 15.1 Å². The van der Waals surface area contributed by atoms with Crippen LogP contribution in [-0.2, 0) is 16.1 Å². The molecule has 0 aliphatic carbocycles. The lowest BCUT2D eigenvalue weighted by molar-refractivity contribution is -0.149. The van der Waals surface area contributed by atoms with E-state index in [1.54, 1.807) is 7.11 Å². The number of amides is 1. The van der Waals surface area contributed by atoms with Crippen molar-refractivity contribution in [2.75, 3.05) is 53.0 Å². The van der Waals surface area contributed by atoms with E-state index < -0.39 is 0 Å². The lowest BCUT2D eigenvalue weighted by Crippen LogP contribution is -2.56. The molecule has 3 rings (SSSR count). The molecule has 1 aromatic carbocycles. The monoisotopic (exact) mass is 345 g/mol. The molecule has 0 radical (unpaired) electrons. The number of carbonyl (C=O) groups excluding carboxylic acids is 1. The summed E-state index contributed by atoms with van der Waals surface area (Å²) in [4.78, 5) is 17.7. The van der Waals surface area contributed by atoms with Gasteiger partial charge in [-0.05, 0) is 44.0 Å². The quantitative estimate of drug-likeness (QED) is 0.881. The first kappa shape index (κ1) is 18.4. The van der Waals surface area contributed by atoms with Gasteiger partial charge in [0.05, 0.1) is 12.0 Å². The van der Waals surface area contributed by atoms with E-state index in [-0.39, 0.29) is 5.41 Å². The van der Waals surface area contributed by atoms with Crippen LogP contribution in [0.15, 0.2) is 24.3 Å². The minimum absolute atomic E-state index is 0.298. The van der Waals surface area contributed by atoms with Crippen molar-refractivity contribution in [2.24, 2.45) is 5.41 Å². The Morgan fingerprint density at radius 1 is 1.16 bits per heavy atom. The molecule has 1 amide bonds. The van der Waals surface area contributed by atoms with Crippen molar-refractivity contribution in [1.29, 1.82) is 0 Å². The molecule has 2 aliphatic heterocycles. The number of hydrogen-bond donors (Lipinski definition) is 1. The Kier molecular flexibility index (Phi) is 6.10. The van der Waals surface area contributed by atoms with Gasteiger partial charge in [0.2, 0.25) is 5.91 Å². The minimum atomic E-state index is -0.321. The molecule has 1 N–H and O–H groups in total. The second-order valence-electron chi connectivity index (χ2n) is 7.46. The van der Waals surface area contributed by atoms with Gasteiger partial charge in [0.15, 0.2) is 0 Å². The minimum Gasteiger partial charge on any atom is -0.384 e. The fraction of sp³-hybridized carbons (Fsp3) is 0.650. The summed E-state index contributed by atoms with van der Waals surface area (Å²) in [5.74, 6) is 0.298. The van der Waals surface area contributed by atoms with Crippen molar-refractivity contribution >= 4 is 5.91 Å². The van der Waals surface area contributed by atoms with E-state index in [4.69, 9.17) is 4.74 Å². The predicted molar refractivity (Wildman–Crippen MR) is 99.4 cm³/mol. The van der Waals surface area contributed by atoms with E-state index in [0.717, 1.165) is 58.7 Å². The SMILES string of the molecule is COCC1(C(=O)N2CCN(Cc3ccccc3C)CC2)CCNCC1. The fourth-order valence-electron chi connectivity index (χ4n) is 4.07. The number of aryl methyl sites for hydroxylation is 1. The van der Waals surface area contributed by atoms with Gasteiger partial charge in [-0.15, -0.1) is 0 Å². The maximum absolute atomic E-state index is 13.2. The molecule has 2 fully saturated rings. The summed E-state index contributed by atoms with van der Waals surface area (Å²) in [5, 5.41) is 3.36. The van der Waals surface area contributed by atoms with Crippen LogP contribution in [-0.4, -0.2) is 68.7 Å². The maximum Gasteiger partial charge on any atom is 0.231 e. The number of ether oxygens (including phenoxy) is 1. The van der Waals surface area contributed by atoms with Crippen LogP contribution < -0.4 is 5.32 Å². The zero-order valence-corrected chi connectivity index (χ0v) is 15.6. The summed E-state index contributed by atoms with van der Waals surface area (Å²) in [6.45, 7) is 9.03. The molecule has 25 heavy (non-hydrogen) atoms. The number of nitrogens with one attached hydrogen (secondary N) is 1. The highest BCUT2D eigenvalue weighted by molar-refractivity contribution is 5.83. The molecule has 5 nitrogen and oxygen atoms in total. The number of piperidine rings is 1. The van der Waals surface area contributed by atoms with Crippen LogP contribution in [0.4, 0.5) is 0 Å². The summed E-state index contributed by atoms with van der Waals surface area (Å²) < 4.78 is 5.42. The molecule has 0 spiro atoms. The Morgan fingerprint density at radius 3 is 2.48 bits per heavy atom. The molecule has 138 valence electrons. The Balaban J connectivity index is 1.57. The van der Waals surface area contributed by atoms with E-state index in [1.165, 1.54) is 11.1 Å². The standard InChI is InChI=1S/C20H31N3O2/c1-17-5-3-4-6-18(17)15-22-11-13-23(14-12-22)19(24)20(16-25-2)7-9-21-10-8-20/h3-6,21H,7-16H2,1-2H3. The Hall–Kier alpha value is -1.43. The molecule has 0 unspecified atom stereocenters. The summed E-state index contributed by atoms with van der Waals surface area (Å²) in [6, 6.07) is 8.56. The third-order valence-electron chi connectivity index (χ3n) is 5.75. The molecule has 0 atom stereocenters. The second kappa shape index (κ2) is 8.30. The summed E-state index contributed by atoms with van der Waals surface area (Å²) in [5.41, 5.74) is 2.41. The van der Waals surface area contributed by atoms with Crippen molar-refractivity contribution in [2.45, 2.75) is 26.3 Å².